The molecule has 2 N–H and O–H groups in total. The molecule has 1 heterocycles. The SMILES string of the molecule is C[C@H](CC1(CCNC(=O)C(F)(F)F)OCCCO1)NC(=O)OCc1ccccc1. The normalized spacial score (nSPS) is 17.2. The van der Waals surface area contributed by atoms with Crippen LogP contribution in [0.2, 0.25) is 0 Å². The fourth-order valence-electron chi connectivity index (χ4n) is 2.93. The van der Waals surface area contributed by atoms with E-state index in [2.05, 4.69) is 5.32 Å². The van der Waals surface area contributed by atoms with E-state index in [0.29, 0.717) is 19.6 Å². The molecule has 1 atom stereocenters. The second-order valence-electron chi connectivity index (χ2n) is 6.78. The number of amides is 2. The van der Waals surface area contributed by atoms with Gasteiger partial charge in [0.1, 0.15) is 6.61 Å². The first-order valence-corrected chi connectivity index (χ1v) is 9.30. The molecule has 29 heavy (non-hydrogen) atoms. The van der Waals surface area contributed by atoms with Crippen molar-refractivity contribution < 1.29 is 37.0 Å². The number of carbonyl (C=O) groups is 2. The zero-order valence-electron chi connectivity index (χ0n) is 16.1. The smallest absolute Gasteiger partial charge is 0.445 e. The van der Waals surface area contributed by atoms with Crippen LogP contribution in [0, 0.1) is 0 Å². The van der Waals surface area contributed by atoms with Gasteiger partial charge in [0.25, 0.3) is 0 Å². The molecule has 1 aromatic carbocycles. The summed E-state index contributed by atoms with van der Waals surface area (Å²) in [6.45, 7) is 2.29. The summed E-state index contributed by atoms with van der Waals surface area (Å²) in [6.07, 6.45) is -4.72. The van der Waals surface area contributed by atoms with E-state index in [0.717, 1.165) is 5.56 Å². The predicted octanol–water partition coefficient (Wildman–Crippen LogP) is 2.89. The molecule has 10 heteroatoms. The minimum absolute atomic E-state index is 0.0138. The van der Waals surface area contributed by atoms with Gasteiger partial charge in [-0.05, 0) is 18.9 Å². The molecule has 0 aromatic heterocycles. The minimum Gasteiger partial charge on any atom is -0.445 e. The number of alkyl halides is 3. The van der Waals surface area contributed by atoms with Gasteiger partial charge >= 0.3 is 18.2 Å². The van der Waals surface area contributed by atoms with Crippen LogP contribution in [0.1, 0.15) is 31.7 Å². The first-order valence-electron chi connectivity index (χ1n) is 9.30. The lowest BCUT2D eigenvalue weighted by Crippen LogP contribution is -2.49. The summed E-state index contributed by atoms with van der Waals surface area (Å²) < 4.78 is 53.5. The fraction of sp³-hybridized carbons (Fsp3) is 0.579. The fourth-order valence-corrected chi connectivity index (χ4v) is 2.93. The average Bonchev–Trinajstić information content (AvgIpc) is 2.67. The molecule has 1 aromatic rings. The van der Waals surface area contributed by atoms with Crippen LogP contribution < -0.4 is 10.6 Å². The van der Waals surface area contributed by atoms with Crippen molar-refractivity contribution in [3.63, 3.8) is 0 Å². The zero-order chi connectivity index (χ0) is 21.3. The summed E-state index contributed by atoms with van der Waals surface area (Å²) in [5, 5.41) is 4.47. The molecule has 1 aliphatic rings. The molecule has 0 bridgehead atoms. The van der Waals surface area contributed by atoms with E-state index >= 15 is 0 Å². The monoisotopic (exact) mass is 418 g/mol. The molecule has 0 aliphatic carbocycles. The molecule has 1 aliphatic heterocycles. The van der Waals surface area contributed by atoms with Crippen LogP contribution in [0.4, 0.5) is 18.0 Å². The van der Waals surface area contributed by atoms with E-state index in [4.69, 9.17) is 14.2 Å². The molecule has 2 rings (SSSR count). The molecule has 1 saturated heterocycles. The third kappa shape index (κ3) is 7.90. The molecule has 7 nitrogen and oxygen atoms in total. The standard InChI is InChI=1S/C19H25F3N2O5/c1-14(24-17(26)27-13-15-6-3-2-4-7-15)12-18(28-10-5-11-29-18)8-9-23-16(25)19(20,21)22/h2-4,6-7,14H,5,8-13H2,1H3,(H,23,25)(H,24,26)/t14-/m1/s1. The highest BCUT2D eigenvalue weighted by atomic mass is 19.4. The Kier molecular flexibility index (Phi) is 8.27. The maximum Gasteiger partial charge on any atom is 0.471 e. The van der Waals surface area contributed by atoms with Crippen LogP contribution in [-0.2, 0) is 25.6 Å². The van der Waals surface area contributed by atoms with E-state index in [1.165, 1.54) is 0 Å². The minimum atomic E-state index is -4.95. The summed E-state index contributed by atoms with van der Waals surface area (Å²) >= 11 is 0. The van der Waals surface area contributed by atoms with Gasteiger partial charge in [0, 0.05) is 25.4 Å². The second kappa shape index (κ2) is 10.4. The van der Waals surface area contributed by atoms with Crippen LogP contribution in [-0.4, -0.2) is 49.8 Å². The van der Waals surface area contributed by atoms with Crippen LogP contribution in [0.5, 0.6) is 0 Å². The first kappa shape index (κ1) is 23.0. The summed E-state index contributed by atoms with van der Waals surface area (Å²) in [5.74, 6) is -3.21. The molecule has 1 fully saturated rings. The quantitative estimate of drug-likeness (QED) is 0.678. The van der Waals surface area contributed by atoms with E-state index in [1.54, 1.807) is 6.92 Å². The topological polar surface area (TPSA) is 85.9 Å². The van der Waals surface area contributed by atoms with E-state index in [1.807, 2.05) is 35.6 Å². The van der Waals surface area contributed by atoms with Crippen LogP contribution in [0.15, 0.2) is 30.3 Å². The molecule has 162 valence electrons. The van der Waals surface area contributed by atoms with Gasteiger partial charge in [0.05, 0.1) is 13.2 Å². The van der Waals surface area contributed by atoms with E-state index < -0.39 is 30.0 Å². The van der Waals surface area contributed by atoms with Gasteiger partial charge in [0.15, 0.2) is 5.79 Å². The van der Waals surface area contributed by atoms with E-state index in [-0.39, 0.29) is 26.0 Å². The Morgan fingerprint density at radius 3 is 2.48 bits per heavy atom. The lowest BCUT2D eigenvalue weighted by atomic mass is 10.0. The molecule has 0 unspecified atom stereocenters. The number of rotatable bonds is 8. The number of ether oxygens (including phenoxy) is 3. The predicted molar refractivity (Wildman–Crippen MR) is 96.8 cm³/mol. The summed E-state index contributed by atoms with van der Waals surface area (Å²) in [6, 6.07) is 8.73. The maximum absolute atomic E-state index is 12.3. The van der Waals surface area contributed by atoms with Gasteiger partial charge in [-0.1, -0.05) is 30.3 Å². The van der Waals surface area contributed by atoms with Crippen molar-refractivity contribution in [2.75, 3.05) is 19.8 Å². The Balaban J connectivity index is 1.83. The molecule has 0 spiro atoms. The second-order valence-corrected chi connectivity index (χ2v) is 6.78. The Labute approximate surface area is 166 Å². The number of carbonyl (C=O) groups excluding carboxylic acids is 2. The summed E-state index contributed by atoms with van der Waals surface area (Å²) in [4.78, 5) is 23.0. The Hall–Kier alpha value is -2.33. The summed E-state index contributed by atoms with van der Waals surface area (Å²) in [7, 11) is 0. The van der Waals surface area contributed by atoms with Gasteiger partial charge in [0.2, 0.25) is 0 Å². The number of alkyl carbamates (subject to hydrolysis) is 1. The van der Waals surface area contributed by atoms with E-state index in [9.17, 15) is 22.8 Å². The maximum atomic E-state index is 12.3. The number of nitrogens with one attached hydrogen (secondary N) is 2. The van der Waals surface area contributed by atoms with Crippen molar-refractivity contribution >= 4 is 12.0 Å². The average molecular weight is 418 g/mol. The molecule has 0 saturated carbocycles. The Morgan fingerprint density at radius 2 is 1.86 bits per heavy atom. The van der Waals surface area contributed by atoms with Crippen molar-refractivity contribution in [1.29, 1.82) is 0 Å². The van der Waals surface area contributed by atoms with Crippen LogP contribution >= 0.6 is 0 Å². The molecule has 0 radical (unpaired) electrons. The highest BCUT2D eigenvalue weighted by molar-refractivity contribution is 5.81. The largest absolute Gasteiger partial charge is 0.471 e. The van der Waals surface area contributed by atoms with Gasteiger partial charge in [-0.25, -0.2) is 4.79 Å². The van der Waals surface area contributed by atoms with Crippen LogP contribution in [0.3, 0.4) is 0 Å². The van der Waals surface area contributed by atoms with Crippen molar-refractivity contribution in [1.82, 2.24) is 10.6 Å². The lowest BCUT2D eigenvalue weighted by molar-refractivity contribution is -0.274. The molecular weight excluding hydrogens is 393 g/mol. The van der Waals surface area contributed by atoms with Gasteiger partial charge in [-0.3, -0.25) is 4.79 Å². The first-order chi connectivity index (χ1) is 13.7. The third-order valence-corrected chi connectivity index (χ3v) is 4.26. The lowest BCUT2D eigenvalue weighted by Gasteiger charge is -2.39. The molecule has 2 amide bonds. The van der Waals surface area contributed by atoms with Crippen molar-refractivity contribution in [3.05, 3.63) is 35.9 Å². The Morgan fingerprint density at radius 1 is 1.21 bits per heavy atom. The van der Waals surface area contributed by atoms with Gasteiger partial charge < -0.3 is 24.8 Å². The van der Waals surface area contributed by atoms with Crippen molar-refractivity contribution in [2.45, 2.75) is 50.8 Å². The number of benzene rings is 1. The van der Waals surface area contributed by atoms with Crippen molar-refractivity contribution in [2.24, 2.45) is 0 Å². The van der Waals surface area contributed by atoms with Gasteiger partial charge in [-0.2, -0.15) is 13.2 Å². The Bertz CT molecular complexity index is 664. The summed E-state index contributed by atoms with van der Waals surface area (Å²) in [5.41, 5.74) is 0.839. The van der Waals surface area contributed by atoms with Gasteiger partial charge in [-0.15, -0.1) is 0 Å². The highest BCUT2D eigenvalue weighted by Gasteiger charge is 2.40. The number of halogens is 3. The van der Waals surface area contributed by atoms with Crippen LogP contribution in [0.25, 0.3) is 0 Å². The van der Waals surface area contributed by atoms with Crippen molar-refractivity contribution in [3.8, 4) is 0 Å². The number of hydrogen-bond donors (Lipinski definition) is 2. The number of hydrogen-bond acceptors (Lipinski definition) is 5. The molecular formula is C19H25F3N2O5. The zero-order valence-corrected chi connectivity index (χ0v) is 16.1. The third-order valence-electron chi connectivity index (χ3n) is 4.26. The highest BCUT2D eigenvalue weighted by Crippen LogP contribution is 2.28.